The third-order valence-corrected chi connectivity index (χ3v) is 3.56. The van der Waals surface area contributed by atoms with E-state index in [1.165, 1.54) is 30.8 Å². The number of rotatable bonds is 0. The Bertz CT molecular complexity index is 102. The summed E-state index contributed by atoms with van der Waals surface area (Å²) in [5, 5.41) is 0. The second-order valence-corrected chi connectivity index (χ2v) is 4.40. The lowest BCUT2D eigenvalue weighted by Gasteiger charge is -2.38. The minimum Gasteiger partial charge on any atom is -0.377 e. The predicted molar refractivity (Wildman–Crippen MR) is 44.4 cm³/mol. The summed E-state index contributed by atoms with van der Waals surface area (Å²) in [6.45, 7) is 1.05. The third kappa shape index (κ3) is 1.32. The van der Waals surface area contributed by atoms with E-state index in [0.717, 1.165) is 12.5 Å². The number of thioether (sulfide) groups is 1. The molecular weight excluding hydrogens is 144 g/mol. The monoisotopic (exact) mass is 158 g/mol. The zero-order valence-electron chi connectivity index (χ0n) is 6.21. The van der Waals surface area contributed by atoms with Gasteiger partial charge < -0.3 is 4.74 Å². The minimum atomic E-state index is 0.654. The molecule has 0 bridgehead atoms. The Kier molecular flexibility index (Phi) is 2.19. The Labute approximate surface area is 66.5 Å². The van der Waals surface area contributed by atoms with Crippen molar-refractivity contribution in [1.29, 1.82) is 0 Å². The molecule has 2 aliphatic heterocycles. The molecule has 2 heteroatoms. The summed E-state index contributed by atoms with van der Waals surface area (Å²) >= 11 is 2.11. The number of fused-ring (bicyclic) bond motifs is 1. The van der Waals surface area contributed by atoms with Gasteiger partial charge in [0.25, 0.3) is 0 Å². The molecule has 0 aromatic carbocycles. The first-order valence-corrected chi connectivity index (χ1v) is 5.31. The van der Waals surface area contributed by atoms with Gasteiger partial charge in [0.05, 0.1) is 12.7 Å². The van der Waals surface area contributed by atoms with Crippen molar-refractivity contribution < 1.29 is 4.74 Å². The van der Waals surface area contributed by atoms with E-state index < -0.39 is 0 Å². The Morgan fingerprint density at radius 1 is 1.20 bits per heavy atom. The molecule has 0 radical (unpaired) electrons. The first-order chi connectivity index (χ1) is 4.97. The normalized spacial score (nSPS) is 40.8. The Morgan fingerprint density at radius 2 is 2.20 bits per heavy atom. The van der Waals surface area contributed by atoms with Crippen molar-refractivity contribution in [1.82, 2.24) is 0 Å². The molecule has 0 spiro atoms. The minimum absolute atomic E-state index is 0.654. The van der Waals surface area contributed by atoms with Gasteiger partial charge in [0.15, 0.2) is 0 Å². The highest BCUT2D eigenvalue weighted by atomic mass is 32.2. The van der Waals surface area contributed by atoms with Crippen LogP contribution in [0, 0.1) is 5.92 Å². The van der Waals surface area contributed by atoms with Crippen LogP contribution in [0.4, 0.5) is 0 Å². The summed E-state index contributed by atoms with van der Waals surface area (Å²) < 4.78 is 5.46. The molecule has 2 rings (SSSR count). The maximum atomic E-state index is 5.46. The van der Waals surface area contributed by atoms with Crippen LogP contribution in [0.25, 0.3) is 0 Å². The molecule has 58 valence electrons. The van der Waals surface area contributed by atoms with Crippen LogP contribution < -0.4 is 0 Å². The van der Waals surface area contributed by atoms with E-state index in [1.54, 1.807) is 0 Å². The van der Waals surface area contributed by atoms with Crippen molar-refractivity contribution in [3.8, 4) is 0 Å². The van der Waals surface area contributed by atoms with Crippen molar-refractivity contribution in [2.75, 3.05) is 18.1 Å². The lowest BCUT2D eigenvalue weighted by molar-refractivity contribution is -0.118. The van der Waals surface area contributed by atoms with Crippen LogP contribution in [0.3, 0.4) is 0 Å². The van der Waals surface area contributed by atoms with Crippen molar-refractivity contribution in [3.63, 3.8) is 0 Å². The molecule has 10 heavy (non-hydrogen) atoms. The van der Waals surface area contributed by atoms with E-state index in [9.17, 15) is 0 Å². The lowest BCUT2D eigenvalue weighted by Crippen LogP contribution is -2.40. The molecule has 2 fully saturated rings. The van der Waals surface area contributed by atoms with Gasteiger partial charge in [-0.05, 0) is 30.8 Å². The Hall–Kier alpha value is 0.310. The smallest absolute Gasteiger partial charge is 0.0626 e. The largest absolute Gasteiger partial charge is 0.377 e. The molecule has 2 aliphatic rings. The van der Waals surface area contributed by atoms with Crippen LogP contribution >= 0.6 is 11.8 Å². The van der Waals surface area contributed by atoms with Gasteiger partial charge in [0.1, 0.15) is 0 Å². The molecule has 1 nitrogen and oxygen atoms in total. The zero-order chi connectivity index (χ0) is 6.81. The van der Waals surface area contributed by atoms with Crippen LogP contribution in [0.15, 0.2) is 0 Å². The molecule has 2 unspecified atom stereocenters. The number of hydrogen-bond acceptors (Lipinski definition) is 2. The van der Waals surface area contributed by atoms with E-state index in [1.807, 2.05) is 0 Å². The molecule has 0 N–H and O–H groups in total. The van der Waals surface area contributed by atoms with Crippen molar-refractivity contribution in [2.24, 2.45) is 5.92 Å². The Balaban J connectivity index is 1.83. The van der Waals surface area contributed by atoms with Crippen molar-refractivity contribution >= 4 is 11.8 Å². The molecule has 0 saturated carbocycles. The first kappa shape index (κ1) is 6.99. The average Bonchev–Trinajstić information content (AvgIpc) is 1.89. The predicted octanol–water partition coefficient (Wildman–Crippen LogP) is 1.92. The molecule has 2 atom stereocenters. The molecule has 0 amide bonds. The van der Waals surface area contributed by atoms with E-state index in [-0.39, 0.29) is 0 Å². The summed E-state index contributed by atoms with van der Waals surface area (Å²) in [7, 11) is 0. The standard InChI is InChI=1S/C8H14OS/c1-2-8-7(6-9-8)3-5-10-4-1/h7-8H,1-6H2. The zero-order valence-corrected chi connectivity index (χ0v) is 7.03. The van der Waals surface area contributed by atoms with Gasteiger partial charge in [-0.25, -0.2) is 0 Å². The van der Waals surface area contributed by atoms with Crippen molar-refractivity contribution in [2.45, 2.75) is 25.4 Å². The van der Waals surface area contributed by atoms with Gasteiger partial charge in [0, 0.05) is 5.92 Å². The van der Waals surface area contributed by atoms with E-state index in [0.29, 0.717) is 6.10 Å². The maximum absolute atomic E-state index is 5.46. The van der Waals surface area contributed by atoms with Gasteiger partial charge in [-0.2, -0.15) is 11.8 Å². The molecular formula is C8H14OS. The first-order valence-electron chi connectivity index (χ1n) is 4.16. The van der Waals surface area contributed by atoms with Crippen molar-refractivity contribution in [3.05, 3.63) is 0 Å². The quantitative estimate of drug-likeness (QED) is 0.532. The topological polar surface area (TPSA) is 9.23 Å². The van der Waals surface area contributed by atoms with Crippen LogP contribution in [0.2, 0.25) is 0 Å². The summed E-state index contributed by atoms with van der Waals surface area (Å²) in [5.74, 6) is 3.64. The second-order valence-electron chi connectivity index (χ2n) is 3.18. The molecule has 2 heterocycles. The van der Waals surface area contributed by atoms with Gasteiger partial charge in [-0.3, -0.25) is 0 Å². The average molecular weight is 158 g/mol. The highest BCUT2D eigenvalue weighted by Crippen LogP contribution is 2.31. The van der Waals surface area contributed by atoms with Crippen LogP contribution in [0.1, 0.15) is 19.3 Å². The van der Waals surface area contributed by atoms with Gasteiger partial charge in [0.2, 0.25) is 0 Å². The highest BCUT2D eigenvalue weighted by Gasteiger charge is 2.31. The van der Waals surface area contributed by atoms with E-state index >= 15 is 0 Å². The molecule has 0 aromatic rings. The van der Waals surface area contributed by atoms with Crippen LogP contribution in [0.5, 0.6) is 0 Å². The van der Waals surface area contributed by atoms with Gasteiger partial charge in [-0.15, -0.1) is 0 Å². The summed E-state index contributed by atoms with van der Waals surface area (Å²) in [6, 6.07) is 0. The highest BCUT2D eigenvalue weighted by molar-refractivity contribution is 7.99. The van der Waals surface area contributed by atoms with E-state index in [4.69, 9.17) is 4.74 Å². The van der Waals surface area contributed by atoms with Gasteiger partial charge in [-0.1, -0.05) is 0 Å². The summed E-state index contributed by atoms with van der Waals surface area (Å²) in [4.78, 5) is 0. The number of ether oxygens (including phenoxy) is 1. The fourth-order valence-corrected chi connectivity index (χ4v) is 2.72. The number of hydrogen-bond donors (Lipinski definition) is 0. The summed E-state index contributed by atoms with van der Waals surface area (Å²) in [5.41, 5.74) is 0. The van der Waals surface area contributed by atoms with Crippen LogP contribution in [-0.2, 0) is 4.74 Å². The fraction of sp³-hybridized carbons (Fsp3) is 1.00. The summed E-state index contributed by atoms with van der Waals surface area (Å²) in [6.07, 6.45) is 4.74. The van der Waals surface area contributed by atoms with Gasteiger partial charge >= 0.3 is 0 Å². The lowest BCUT2D eigenvalue weighted by atomic mass is 9.92. The van der Waals surface area contributed by atoms with Crippen LogP contribution in [-0.4, -0.2) is 24.2 Å². The second kappa shape index (κ2) is 3.14. The molecule has 0 aliphatic carbocycles. The molecule has 0 aromatic heterocycles. The third-order valence-electron chi connectivity index (χ3n) is 2.46. The fourth-order valence-electron chi connectivity index (χ4n) is 1.68. The SMILES string of the molecule is C1CSCCC2COC2C1. The Morgan fingerprint density at radius 3 is 3.00 bits per heavy atom. The maximum Gasteiger partial charge on any atom is 0.0626 e. The molecule has 2 saturated heterocycles. The van der Waals surface area contributed by atoms with E-state index in [2.05, 4.69) is 11.8 Å².